The summed E-state index contributed by atoms with van der Waals surface area (Å²) in [5, 5.41) is 20.4. The molecule has 1 N–H and O–H groups in total. The summed E-state index contributed by atoms with van der Waals surface area (Å²) in [6.07, 6.45) is 1.28. The summed E-state index contributed by atoms with van der Waals surface area (Å²) in [6.45, 7) is 5.11. The summed E-state index contributed by atoms with van der Waals surface area (Å²) < 4.78 is 24.5. The molecule has 3 atom stereocenters. The Kier molecular flexibility index (Phi) is 5.66. The third-order valence-corrected chi connectivity index (χ3v) is 3.86. The molecule has 0 aromatic carbocycles. The first-order chi connectivity index (χ1) is 11.6. The van der Waals surface area contributed by atoms with Gasteiger partial charge in [-0.1, -0.05) is 0 Å². The van der Waals surface area contributed by atoms with E-state index in [4.69, 9.17) is 9.47 Å². The highest BCUT2D eigenvalue weighted by atomic mass is 19.1. The van der Waals surface area contributed by atoms with Crippen LogP contribution in [-0.2, 0) is 9.47 Å². The summed E-state index contributed by atoms with van der Waals surface area (Å²) in [4.78, 5) is 23.9. The van der Waals surface area contributed by atoms with Gasteiger partial charge in [-0.05, 0) is 20.8 Å². The number of amides is 1. The lowest BCUT2D eigenvalue weighted by molar-refractivity contribution is -0.509. The minimum atomic E-state index is -1.17. The Morgan fingerprint density at radius 3 is 2.76 bits per heavy atom. The van der Waals surface area contributed by atoms with Crippen molar-refractivity contribution in [1.82, 2.24) is 4.90 Å². The number of halogens is 1. The van der Waals surface area contributed by atoms with Crippen LogP contribution in [0.25, 0.3) is 0 Å². The first kappa shape index (κ1) is 19.2. The number of carbonyl (C=O) groups is 1. The van der Waals surface area contributed by atoms with Gasteiger partial charge in [0, 0.05) is 23.5 Å². The number of aliphatic hydroxyl groups is 1. The van der Waals surface area contributed by atoms with E-state index >= 15 is 0 Å². The molecule has 1 fully saturated rings. The molecule has 25 heavy (non-hydrogen) atoms. The average molecular weight is 358 g/mol. The van der Waals surface area contributed by atoms with Gasteiger partial charge in [-0.25, -0.2) is 9.18 Å². The number of likely N-dealkylation sites (tertiary alicyclic amines) is 1. The smallest absolute Gasteiger partial charge is 0.410 e. The molecule has 1 aliphatic heterocycles. The highest BCUT2D eigenvalue weighted by molar-refractivity contribution is 5.69. The molecule has 1 unspecified atom stereocenters. The molecule has 1 amide bonds. The monoisotopic (exact) mass is 358 g/mol. The van der Waals surface area contributed by atoms with E-state index in [2.05, 4.69) is 0 Å². The molecule has 140 valence electrons. The minimum Gasteiger partial charge on any atom is -0.492 e. The maximum absolute atomic E-state index is 13.5. The normalized spacial score (nSPS) is 26.8. The number of nitrogens with zero attached hydrogens (tertiary/aromatic N) is 2. The van der Waals surface area contributed by atoms with Gasteiger partial charge in [0.25, 0.3) is 0 Å². The highest BCUT2D eigenvalue weighted by Crippen LogP contribution is 2.28. The van der Waals surface area contributed by atoms with Gasteiger partial charge >= 0.3 is 6.09 Å². The largest absolute Gasteiger partial charge is 0.492 e. The molecule has 0 saturated carbocycles. The molecule has 1 saturated heterocycles. The third kappa shape index (κ3) is 5.15. The number of nitro groups is 1. The Bertz CT molecular complexity index is 598. The molecule has 9 heteroatoms. The summed E-state index contributed by atoms with van der Waals surface area (Å²) in [7, 11) is 0. The molecule has 0 radical (unpaired) electrons. The zero-order valence-corrected chi connectivity index (χ0v) is 14.5. The van der Waals surface area contributed by atoms with Gasteiger partial charge in [-0.3, -0.25) is 15.0 Å². The van der Waals surface area contributed by atoms with Gasteiger partial charge < -0.3 is 14.6 Å². The summed E-state index contributed by atoms with van der Waals surface area (Å²) in [5.41, 5.74) is -0.672. The number of allylic oxidation sites excluding steroid dienone is 2. The van der Waals surface area contributed by atoms with Gasteiger partial charge in [-0.15, -0.1) is 0 Å². The molecule has 2 rings (SSSR count). The molecular formula is C16H23FN2O6. The van der Waals surface area contributed by atoms with Crippen LogP contribution in [0.4, 0.5) is 9.18 Å². The van der Waals surface area contributed by atoms with E-state index in [9.17, 15) is 24.4 Å². The molecule has 0 aromatic heterocycles. The third-order valence-electron chi connectivity index (χ3n) is 3.86. The van der Waals surface area contributed by atoms with Gasteiger partial charge in [-0.2, -0.15) is 0 Å². The molecule has 2 aliphatic rings. The molecule has 0 spiro atoms. The fourth-order valence-electron chi connectivity index (χ4n) is 2.82. The number of aliphatic hydroxyl groups excluding tert-OH is 1. The summed E-state index contributed by atoms with van der Waals surface area (Å²) in [6, 6.07) is -1.65. The summed E-state index contributed by atoms with van der Waals surface area (Å²) in [5.74, 6) is -0.557. The van der Waals surface area contributed by atoms with Gasteiger partial charge in [0.05, 0.1) is 25.6 Å². The number of ether oxygens (including phenoxy) is 2. The zero-order chi connectivity index (χ0) is 18.8. The second-order valence-electron chi connectivity index (χ2n) is 7.16. The molecule has 1 aliphatic carbocycles. The van der Waals surface area contributed by atoms with Crippen molar-refractivity contribution in [2.24, 2.45) is 0 Å². The second-order valence-corrected chi connectivity index (χ2v) is 7.16. The average Bonchev–Trinajstić information content (AvgIpc) is 2.88. The van der Waals surface area contributed by atoms with E-state index in [0.717, 1.165) is 12.2 Å². The van der Waals surface area contributed by atoms with Crippen molar-refractivity contribution in [2.45, 2.75) is 57.4 Å². The van der Waals surface area contributed by atoms with Crippen LogP contribution in [0.15, 0.2) is 23.7 Å². The maximum Gasteiger partial charge on any atom is 0.410 e. The first-order valence-electron chi connectivity index (χ1n) is 8.07. The quantitative estimate of drug-likeness (QED) is 0.610. The Hall–Kier alpha value is -2.16. The van der Waals surface area contributed by atoms with Crippen LogP contribution in [0.3, 0.4) is 0 Å². The molecule has 8 nitrogen and oxygen atoms in total. The van der Waals surface area contributed by atoms with Crippen LogP contribution >= 0.6 is 0 Å². The van der Waals surface area contributed by atoms with Crippen LogP contribution < -0.4 is 0 Å². The van der Waals surface area contributed by atoms with Crippen molar-refractivity contribution in [3.05, 3.63) is 33.9 Å². The fraction of sp³-hybridized carbons (Fsp3) is 0.688. The SMILES string of the molecule is CC(C)(C)OC(=O)N1C[C@H](OC2=CC(F)=CC([N+](=O)[O-])C2)C[C@H]1CO. The fourth-order valence-corrected chi connectivity index (χ4v) is 2.82. The van der Waals surface area contributed by atoms with Gasteiger partial charge in [0.15, 0.2) is 0 Å². The maximum atomic E-state index is 13.5. The van der Waals surface area contributed by atoms with E-state index in [1.54, 1.807) is 20.8 Å². The van der Waals surface area contributed by atoms with Crippen molar-refractivity contribution in [1.29, 1.82) is 0 Å². The lowest BCUT2D eigenvalue weighted by atomic mass is 10.1. The lowest BCUT2D eigenvalue weighted by Crippen LogP contribution is -2.41. The Labute approximate surface area is 145 Å². The van der Waals surface area contributed by atoms with Crippen molar-refractivity contribution in [3.8, 4) is 0 Å². The summed E-state index contributed by atoms with van der Waals surface area (Å²) >= 11 is 0. The molecule has 1 heterocycles. The van der Waals surface area contributed by atoms with Crippen molar-refractivity contribution in [2.75, 3.05) is 13.2 Å². The van der Waals surface area contributed by atoms with E-state index in [1.807, 2.05) is 0 Å². The van der Waals surface area contributed by atoms with Crippen LogP contribution in [-0.4, -0.2) is 58.0 Å². The standard InChI is InChI=1S/C16H23FN2O6/c1-16(2,3)25-15(21)18-8-14(7-12(18)9-20)24-13-5-10(17)4-11(6-13)19(22)23/h4-5,11-12,14,20H,6-9H2,1-3H3/t11?,12-,14+/m0/s1. The Morgan fingerprint density at radius 2 is 2.20 bits per heavy atom. The van der Waals surface area contributed by atoms with Crippen LogP contribution in [0, 0.1) is 10.1 Å². The zero-order valence-electron chi connectivity index (χ0n) is 14.5. The van der Waals surface area contributed by atoms with Crippen molar-refractivity contribution in [3.63, 3.8) is 0 Å². The minimum absolute atomic E-state index is 0.0485. The lowest BCUT2D eigenvalue weighted by Gasteiger charge is -2.27. The molecule has 0 aromatic rings. The van der Waals surface area contributed by atoms with E-state index < -0.39 is 40.6 Å². The highest BCUT2D eigenvalue weighted by Gasteiger charge is 2.39. The Balaban J connectivity index is 2.01. The second kappa shape index (κ2) is 7.38. The van der Waals surface area contributed by atoms with Crippen LogP contribution in [0.1, 0.15) is 33.6 Å². The molecule has 0 bridgehead atoms. The van der Waals surface area contributed by atoms with E-state index in [0.29, 0.717) is 6.42 Å². The van der Waals surface area contributed by atoms with Gasteiger partial charge in [0.1, 0.15) is 23.3 Å². The van der Waals surface area contributed by atoms with Gasteiger partial charge in [0.2, 0.25) is 6.04 Å². The predicted octanol–water partition coefficient (Wildman–Crippen LogP) is 2.16. The number of hydrogen-bond donors (Lipinski definition) is 1. The predicted molar refractivity (Wildman–Crippen MR) is 86.0 cm³/mol. The van der Waals surface area contributed by atoms with Crippen LogP contribution in [0.2, 0.25) is 0 Å². The van der Waals surface area contributed by atoms with Crippen molar-refractivity contribution < 1.29 is 28.7 Å². The number of rotatable bonds is 4. The van der Waals surface area contributed by atoms with E-state index in [-0.39, 0.29) is 25.3 Å². The topological polar surface area (TPSA) is 102 Å². The van der Waals surface area contributed by atoms with E-state index in [1.165, 1.54) is 4.90 Å². The number of hydrogen-bond acceptors (Lipinski definition) is 6. The van der Waals surface area contributed by atoms with Crippen LogP contribution in [0.5, 0.6) is 0 Å². The Morgan fingerprint density at radius 1 is 1.52 bits per heavy atom. The number of carbonyl (C=O) groups excluding carboxylic acids is 1. The van der Waals surface area contributed by atoms with Crippen molar-refractivity contribution >= 4 is 6.09 Å². The first-order valence-corrected chi connectivity index (χ1v) is 8.07. The molecular weight excluding hydrogens is 335 g/mol.